The first-order valence-corrected chi connectivity index (χ1v) is 6.75. The van der Waals surface area contributed by atoms with Crippen molar-refractivity contribution >= 4 is 27.8 Å². The molecule has 0 N–H and O–H groups in total. The molecule has 1 atom stereocenters. The molecule has 1 aromatic rings. The van der Waals surface area contributed by atoms with Gasteiger partial charge in [0, 0.05) is 12.1 Å². The van der Waals surface area contributed by atoms with Crippen LogP contribution in [0.4, 0.5) is 4.39 Å². The summed E-state index contributed by atoms with van der Waals surface area (Å²) in [6.45, 7) is 0.673. The number of amides is 1. The molecule has 0 radical (unpaired) electrons. The van der Waals surface area contributed by atoms with E-state index in [1.54, 1.807) is 0 Å². The first-order valence-electron chi connectivity index (χ1n) is 5.96. The third-order valence-electron chi connectivity index (χ3n) is 3.03. The van der Waals surface area contributed by atoms with E-state index in [2.05, 4.69) is 20.7 Å². The van der Waals surface area contributed by atoms with Crippen LogP contribution in [-0.4, -0.2) is 49.7 Å². The van der Waals surface area contributed by atoms with Gasteiger partial charge in [-0.1, -0.05) is 0 Å². The summed E-state index contributed by atoms with van der Waals surface area (Å²) in [5, 5.41) is 0. The molecule has 0 bridgehead atoms. The Labute approximate surface area is 123 Å². The van der Waals surface area contributed by atoms with E-state index in [1.165, 1.54) is 24.1 Å². The minimum atomic E-state index is -0.798. The predicted octanol–water partition coefficient (Wildman–Crippen LogP) is 1.60. The van der Waals surface area contributed by atoms with Crippen LogP contribution < -0.4 is 0 Å². The van der Waals surface area contributed by atoms with Gasteiger partial charge in [0.2, 0.25) is 0 Å². The topological polar surface area (TPSA) is 55.8 Å². The number of halogens is 2. The molecule has 1 unspecified atom stereocenters. The van der Waals surface area contributed by atoms with E-state index < -0.39 is 23.7 Å². The maximum absolute atomic E-state index is 13.5. The molecular weight excluding hydrogens is 333 g/mol. The Morgan fingerprint density at radius 3 is 2.90 bits per heavy atom. The molecule has 1 amide bonds. The normalized spacial score (nSPS) is 18.8. The standard InChI is InChI=1S/C13H13BrFNO4/c1-19-13(18)11-7-20-5-4-16(11)12(17)8-2-3-9(14)10(15)6-8/h2-3,6,11H,4-5,7H2,1H3. The SMILES string of the molecule is COC(=O)C1COCCN1C(=O)c1ccc(Br)c(F)c1. The number of hydrogen-bond donors (Lipinski definition) is 0. The van der Waals surface area contributed by atoms with Crippen LogP contribution in [0.2, 0.25) is 0 Å². The van der Waals surface area contributed by atoms with Crippen LogP contribution in [0.1, 0.15) is 10.4 Å². The fourth-order valence-electron chi connectivity index (χ4n) is 1.97. The van der Waals surface area contributed by atoms with E-state index in [1.807, 2.05) is 0 Å². The van der Waals surface area contributed by atoms with E-state index in [0.29, 0.717) is 6.61 Å². The average Bonchev–Trinajstić information content (AvgIpc) is 2.48. The fraction of sp³-hybridized carbons (Fsp3) is 0.385. The van der Waals surface area contributed by atoms with Gasteiger partial charge < -0.3 is 14.4 Å². The molecule has 0 spiro atoms. The number of benzene rings is 1. The number of ether oxygens (including phenoxy) is 2. The number of esters is 1. The van der Waals surface area contributed by atoms with E-state index in [4.69, 9.17) is 4.74 Å². The molecule has 1 heterocycles. The first kappa shape index (κ1) is 14.9. The second-order valence-electron chi connectivity index (χ2n) is 4.24. The molecule has 1 fully saturated rings. The van der Waals surface area contributed by atoms with Crippen molar-refractivity contribution in [1.82, 2.24) is 4.90 Å². The number of rotatable bonds is 2. The van der Waals surface area contributed by atoms with Crippen molar-refractivity contribution in [2.75, 3.05) is 26.9 Å². The average molecular weight is 346 g/mol. The number of carbonyl (C=O) groups excluding carboxylic acids is 2. The molecule has 5 nitrogen and oxygen atoms in total. The lowest BCUT2D eigenvalue weighted by atomic mass is 10.1. The van der Waals surface area contributed by atoms with Crippen LogP contribution in [0.25, 0.3) is 0 Å². The Hall–Kier alpha value is -1.47. The lowest BCUT2D eigenvalue weighted by Crippen LogP contribution is -2.53. The molecule has 0 aliphatic carbocycles. The highest BCUT2D eigenvalue weighted by molar-refractivity contribution is 9.10. The summed E-state index contributed by atoms with van der Waals surface area (Å²) < 4.78 is 23.6. The van der Waals surface area contributed by atoms with Gasteiger partial charge in [0.15, 0.2) is 6.04 Å². The number of hydrogen-bond acceptors (Lipinski definition) is 4. The van der Waals surface area contributed by atoms with E-state index in [9.17, 15) is 14.0 Å². The van der Waals surface area contributed by atoms with Gasteiger partial charge in [-0.3, -0.25) is 4.79 Å². The third-order valence-corrected chi connectivity index (χ3v) is 3.67. The second-order valence-corrected chi connectivity index (χ2v) is 5.10. The molecule has 108 valence electrons. The number of methoxy groups -OCH3 is 1. The predicted molar refractivity (Wildman–Crippen MR) is 71.8 cm³/mol. The van der Waals surface area contributed by atoms with Crippen molar-refractivity contribution in [1.29, 1.82) is 0 Å². The number of carbonyl (C=O) groups is 2. The van der Waals surface area contributed by atoms with Gasteiger partial charge in [0.25, 0.3) is 5.91 Å². The maximum atomic E-state index is 13.5. The Morgan fingerprint density at radius 1 is 1.50 bits per heavy atom. The zero-order valence-electron chi connectivity index (χ0n) is 10.8. The summed E-state index contributed by atoms with van der Waals surface area (Å²) in [4.78, 5) is 25.4. The molecule has 2 rings (SSSR count). The minimum absolute atomic E-state index is 0.0808. The van der Waals surface area contributed by atoms with E-state index in [-0.39, 0.29) is 23.2 Å². The zero-order chi connectivity index (χ0) is 14.7. The monoisotopic (exact) mass is 345 g/mol. The number of morpholine rings is 1. The van der Waals surface area contributed by atoms with Crippen LogP contribution in [0.3, 0.4) is 0 Å². The van der Waals surface area contributed by atoms with Crippen LogP contribution in [0.5, 0.6) is 0 Å². The van der Waals surface area contributed by atoms with Crippen molar-refractivity contribution < 1.29 is 23.5 Å². The molecule has 20 heavy (non-hydrogen) atoms. The lowest BCUT2D eigenvalue weighted by molar-refractivity contribution is -0.151. The molecule has 7 heteroatoms. The van der Waals surface area contributed by atoms with Gasteiger partial charge in [-0.15, -0.1) is 0 Å². The molecule has 1 aliphatic heterocycles. The van der Waals surface area contributed by atoms with Gasteiger partial charge >= 0.3 is 5.97 Å². The van der Waals surface area contributed by atoms with Gasteiger partial charge in [-0.05, 0) is 34.1 Å². The highest BCUT2D eigenvalue weighted by Gasteiger charge is 2.34. The van der Waals surface area contributed by atoms with Gasteiger partial charge in [-0.25, -0.2) is 9.18 Å². The van der Waals surface area contributed by atoms with Crippen molar-refractivity contribution in [2.45, 2.75) is 6.04 Å². The fourth-order valence-corrected chi connectivity index (χ4v) is 2.22. The van der Waals surface area contributed by atoms with Crippen molar-refractivity contribution in [2.24, 2.45) is 0 Å². The van der Waals surface area contributed by atoms with E-state index in [0.717, 1.165) is 6.07 Å². The molecule has 1 aromatic carbocycles. The Bertz CT molecular complexity index is 537. The Balaban J connectivity index is 2.25. The Morgan fingerprint density at radius 2 is 2.25 bits per heavy atom. The summed E-state index contributed by atoms with van der Waals surface area (Å²) in [6.07, 6.45) is 0. The van der Waals surface area contributed by atoms with Gasteiger partial charge in [0.05, 0.1) is 24.8 Å². The highest BCUT2D eigenvalue weighted by atomic mass is 79.9. The van der Waals surface area contributed by atoms with Crippen molar-refractivity contribution in [3.63, 3.8) is 0 Å². The smallest absolute Gasteiger partial charge is 0.331 e. The highest BCUT2D eigenvalue weighted by Crippen LogP contribution is 2.19. The van der Waals surface area contributed by atoms with Gasteiger partial charge in [0.1, 0.15) is 5.82 Å². The summed E-state index contributed by atoms with van der Waals surface area (Å²) in [7, 11) is 1.25. The van der Waals surface area contributed by atoms with Gasteiger partial charge in [-0.2, -0.15) is 0 Å². The van der Waals surface area contributed by atoms with Crippen LogP contribution >= 0.6 is 15.9 Å². The minimum Gasteiger partial charge on any atom is -0.467 e. The van der Waals surface area contributed by atoms with Crippen molar-refractivity contribution in [3.8, 4) is 0 Å². The number of nitrogens with zero attached hydrogens (tertiary/aromatic N) is 1. The summed E-state index contributed by atoms with van der Waals surface area (Å²) in [5.41, 5.74) is 0.182. The summed E-state index contributed by atoms with van der Waals surface area (Å²) in [5.74, 6) is -1.50. The molecule has 1 saturated heterocycles. The second kappa shape index (κ2) is 6.32. The molecular formula is C13H13BrFNO4. The van der Waals surface area contributed by atoms with Crippen LogP contribution in [0.15, 0.2) is 22.7 Å². The third kappa shape index (κ3) is 2.99. The summed E-state index contributed by atoms with van der Waals surface area (Å²) >= 11 is 3.03. The molecule has 0 saturated carbocycles. The van der Waals surface area contributed by atoms with Crippen LogP contribution in [0, 0.1) is 5.82 Å². The molecule has 1 aliphatic rings. The zero-order valence-corrected chi connectivity index (χ0v) is 12.4. The summed E-state index contributed by atoms with van der Waals surface area (Å²) in [6, 6.07) is 3.29. The lowest BCUT2D eigenvalue weighted by Gasteiger charge is -2.33. The largest absolute Gasteiger partial charge is 0.467 e. The molecule has 0 aromatic heterocycles. The van der Waals surface area contributed by atoms with E-state index >= 15 is 0 Å². The maximum Gasteiger partial charge on any atom is 0.331 e. The Kier molecular flexibility index (Phi) is 4.72. The quantitative estimate of drug-likeness (QED) is 0.764. The van der Waals surface area contributed by atoms with Crippen molar-refractivity contribution in [3.05, 3.63) is 34.1 Å². The first-order chi connectivity index (χ1) is 9.54. The van der Waals surface area contributed by atoms with Crippen LogP contribution in [-0.2, 0) is 14.3 Å².